The largest absolute Gasteiger partial charge is 0.339 e. The van der Waals surface area contributed by atoms with Crippen LogP contribution in [-0.2, 0) is 4.79 Å². The van der Waals surface area contributed by atoms with E-state index < -0.39 is 0 Å². The summed E-state index contributed by atoms with van der Waals surface area (Å²) in [5.74, 6) is -0.198. The Morgan fingerprint density at radius 3 is 2.60 bits per heavy atom. The topological polar surface area (TPSA) is 46.3 Å². The number of nitrogens with zero attached hydrogens (tertiary/aromatic N) is 1. The van der Waals surface area contributed by atoms with Gasteiger partial charge in [-0.2, -0.15) is 0 Å². The average molecular weight is 301 g/mol. The minimum absolute atomic E-state index is 0. The minimum Gasteiger partial charge on any atom is -0.339 e. The maximum absolute atomic E-state index is 13.7. The molecule has 0 aliphatic heterocycles. The Kier molecular flexibility index (Phi) is 5.96. The summed E-state index contributed by atoms with van der Waals surface area (Å²) in [7, 11) is 1.74. The van der Waals surface area contributed by atoms with Crippen LogP contribution in [0.3, 0.4) is 0 Å². The molecule has 1 aliphatic rings. The lowest BCUT2D eigenvalue weighted by Gasteiger charge is -2.28. The number of amides is 1. The summed E-state index contributed by atoms with van der Waals surface area (Å²) in [6.45, 7) is 1.85. The summed E-state index contributed by atoms with van der Waals surface area (Å²) < 4.78 is 13.7. The van der Waals surface area contributed by atoms with Crippen LogP contribution in [0.4, 0.5) is 4.39 Å². The maximum Gasteiger partial charge on any atom is 0.225 e. The number of hydrogen-bond donors (Lipinski definition) is 1. The first-order valence-electron chi connectivity index (χ1n) is 6.77. The Balaban J connectivity index is 0.00000200. The number of nitrogens with two attached hydrogens (primary N) is 1. The molecule has 0 aromatic heterocycles. The molecule has 5 heteroatoms. The lowest BCUT2D eigenvalue weighted by Crippen LogP contribution is -2.35. The van der Waals surface area contributed by atoms with Crippen molar-refractivity contribution in [2.75, 3.05) is 7.05 Å². The molecule has 0 saturated heterocycles. The fourth-order valence-electron chi connectivity index (χ4n) is 2.74. The molecule has 1 aromatic rings. The first-order chi connectivity index (χ1) is 9.00. The highest BCUT2D eigenvalue weighted by molar-refractivity contribution is 5.85. The number of carbonyl (C=O) groups excluding carboxylic acids is 1. The minimum atomic E-state index is -0.266. The van der Waals surface area contributed by atoms with Gasteiger partial charge < -0.3 is 10.6 Å². The zero-order chi connectivity index (χ0) is 14.0. The van der Waals surface area contributed by atoms with Crippen molar-refractivity contribution in [1.82, 2.24) is 4.90 Å². The summed E-state index contributed by atoms with van der Waals surface area (Å²) in [6.07, 6.45) is 2.49. The van der Waals surface area contributed by atoms with E-state index in [9.17, 15) is 9.18 Å². The third-order valence-electron chi connectivity index (χ3n) is 4.11. The van der Waals surface area contributed by atoms with Gasteiger partial charge in [-0.1, -0.05) is 18.2 Å². The van der Waals surface area contributed by atoms with Gasteiger partial charge in [-0.25, -0.2) is 4.39 Å². The van der Waals surface area contributed by atoms with E-state index in [1.54, 1.807) is 30.1 Å². The Hall–Kier alpha value is -1.13. The Morgan fingerprint density at radius 1 is 1.40 bits per heavy atom. The van der Waals surface area contributed by atoms with Gasteiger partial charge in [0.05, 0.1) is 6.04 Å². The van der Waals surface area contributed by atoms with Gasteiger partial charge >= 0.3 is 0 Å². The molecule has 0 radical (unpaired) electrons. The fourth-order valence-corrected chi connectivity index (χ4v) is 2.74. The smallest absolute Gasteiger partial charge is 0.225 e. The normalized spacial score (nSPS) is 23.0. The predicted octanol–water partition coefficient (Wildman–Crippen LogP) is 2.89. The number of benzene rings is 1. The van der Waals surface area contributed by atoms with Gasteiger partial charge in [-0.15, -0.1) is 12.4 Å². The van der Waals surface area contributed by atoms with Crippen molar-refractivity contribution in [2.24, 2.45) is 11.7 Å². The van der Waals surface area contributed by atoms with Crippen molar-refractivity contribution in [1.29, 1.82) is 0 Å². The summed E-state index contributed by atoms with van der Waals surface area (Å²) in [4.78, 5) is 14.0. The standard InChI is InChI=1S/C15H21FN2O.ClH/c1-10(13-5-3-4-6-14(13)16)18(2)15(19)11-7-8-12(17)9-11;/h3-6,10-12H,7-9,17H2,1-2H3;1H. The van der Waals surface area contributed by atoms with Crippen molar-refractivity contribution in [3.8, 4) is 0 Å². The van der Waals surface area contributed by atoms with E-state index in [1.165, 1.54) is 6.07 Å². The van der Waals surface area contributed by atoms with E-state index in [-0.39, 0.29) is 42.1 Å². The predicted molar refractivity (Wildman–Crippen MR) is 80.1 cm³/mol. The van der Waals surface area contributed by atoms with E-state index in [0.717, 1.165) is 19.3 Å². The molecular weight excluding hydrogens is 279 g/mol. The molecule has 3 atom stereocenters. The Bertz CT molecular complexity index is 469. The van der Waals surface area contributed by atoms with E-state index in [0.29, 0.717) is 5.56 Å². The highest BCUT2D eigenvalue weighted by Crippen LogP contribution is 2.29. The molecule has 0 heterocycles. The second-order valence-corrected chi connectivity index (χ2v) is 5.42. The van der Waals surface area contributed by atoms with Crippen LogP contribution < -0.4 is 5.73 Å². The molecule has 1 fully saturated rings. The van der Waals surface area contributed by atoms with E-state index >= 15 is 0 Å². The molecule has 0 spiro atoms. The van der Waals surface area contributed by atoms with Crippen LogP contribution in [0, 0.1) is 11.7 Å². The van der Waals surface area contributed by atoms with E-state index in [4.69, 9.17) is 5.73 Å². The molecule has 3 unspecified atom stereocenters. The van der Waals surface area contributed by atoms with Crippen LogP contribution in [0.2, 0.25) is 0 Å². The number of carbonyl (C=O) groups is 1. The van der Waals surface area contributed by atoms with Gasteiger partial charge in [0.1, 0.15) is 5.82 Å². The van der Waals surface area contributed by atoms with Crippen molar-refractivity contribution < 1.29 is 9.18 Å². The van der Waals surface area contributed by atoms with Crippen LogP contribution in [0.15, 0.2) is 24.3 Å². The zero-order valence-corrected chi connectivity index (χ0v) is 12.7. The molecule has 1 amide bonds. The number of hydrogen-bond acceptors (Lipinski definition) is 2. The van der Waals surface area contributed by atoms with Crippen LogP contribution in [0.1, 0.15) is 37.8 Å². The molecule has 2 rings (SSSR count). The average Bonchev–Trinajstić information content (AvgIpc) is 2.83. The zero-order valence-electron chi connectivity index (χ0n) is 11.9. The first-order valence-corrected chi connectivity index (χ1v) is 6.77. The van der Waals surface area contributed by atoms with Gasteiger partial charge in [-0.3, -0.25) is 4.79 Å². The molecule has 1 aliphatic carbocycles. The fraction of sp³-hybridized carbons (Fsp3) is 0.533. The van der Waals surface area contributed by atoms with E-state index in [1.807, 2.05) is 6.92 Å². The molecule has 1 aromatic carbocycles. The summed E-state index contributed by atoms with van der Waals surface area (Å²) in [6, 6.07) is 6.47. The summed E-state index contributed by atoms with van der Waals surface area (Å²) in [5.41, 5.74) is 6.40. The molecule has 112 valence electrons. The van der Waals surface area contributed by atoms with Gasteiger partial charge in [-0.05, 0) is 32.3 Å². The first kappa shape index (κ1) is 16.9. The molecule has 0 bridgehead atoms. The van der Waals surface area contributed by atoms with Gasteiger partial charge in [0.25, 0.3) is 0 Å². The highest BCUT2D eigenvalue weighted by atomic mass is 35.5. The van der Waals surface area contributed by atoms with Gasteiger partial charge in [0.2, 0.25) is 5.91 Å². The molecule has 20 heavy (non-hydrogen) atoms. The van der Waals surface area contributed by atoms with Crippen LogP contribution in [0.25, 0.3) is 0 Å². The third kappa shape index (κ3) is 3.49. The van der Waals surface area contributed by atoms with Crippen molar-refractivity contribution in [2.45, 2.75) is 38.3 Å². The summed E-state index contributed by atoms with van der Waals surface area (Å²) >= 11 is 0. The molecular formula is C15H22ClFN2O. The van der Waals surface area contributed by atoms with Crippen LogP contribution in [0.5, 0.6) is 0 Å². The third-order valence-corrected chi connectivity index (χ3v) is 4.11. The van der Waals surface area contributed by atoms with Crippen LogP contribution >= 0.6 is 12.4 Å². The number of rotatable bonds is 3. The second kappa shape index (κ2) is 7.04. The van der Waals surface area contributed by atoms with Gasteiger partial charge in [0, 0.05) is 24.6 Å². The van der Waals surface area contributed by atoms with Crippen molar-refractivity contribution in [3.05, 3.63) is 35.6 Å². The van der Waals surface area contributed by atoms with Crippen molar-refractivity contribution >= 4 is 18.3 Å². The maximum atomic E-state index is 13.7. The molecule has 1 saturated carbocycles. The molecule has 2 N–H and O–H groups in total. The lowest BCUT2D eigenvalue weighted by atomic mass is 10.0. The monoisotopic (exact) mass is 300 g/mol. The van der Waals surface area contributed by atoms with Gasteiger partial charge in [0.15, 0.2) is 0 Å². The molecule has 3 nitrogen and oxygen atoms in total. The second-order valence-electron chi connectivity index (χ2n) is 5.42. The Morgan fingerprint density at radius 2 is 2.05 bits per heavy atom. The highest BCUT2D eigenvalue weighted by Gasteiger charge is 2.31. The Labute approximate surface area is 125 Å². The quantitative estimate of drug-likeness (QED) is 0.933. The summed E-state index contributed by atoms with van der Waals surface area (Å²) in [5, 5.41) is 0. The van der Waals surface area contributed by atoms with Crippen molar-refractivity contribution in [3.63, 3.8) is 0 Å². The van der Waals surface area contributed by atoms with Crippen LogP contribution in [-0.4, -0.2) is 23.9 Å². The number of halogens is 2. The lowest BCUT2D eigenvalue weighted by molar-refractivity contribution is -0.136. The SMILES string of the molecule is CC(c1ccccc1F)N(C)C(=O)C1CCC(N)C1.Cl. The van der Waals surface area contributed by atoms with E-state index in [2.05, 4.69) is 0 Å².